The molecule has 72 valence electrons. The van der Waals surface area contributed by atoms with Crippen molar-refractivity contribution in [2.75, 3.05) is 0 Å². The summed E-state index contributed by atoms with van der Waals surface area (Å²) in [4.78, 5) is 0. The molecule has 0 aromatic rings. The van der Waals surface area contributed by atoms with Crippen molar-refractivity contribution in [2.24, 2.45) is 0 Å². The Labute approximate surface area is 78.7 Å². The van der Waals surface area contributed by atoms with E-state index in [-0.39, 0.29) is 0 Å². The summed E-state index contributed by atoms with van der Waals surface area (Å²) in [5, 5.41) is 0. The maximum absolute atomic E-state index is 3.46. The van der Waals surface area contributed by atoms with Crippen LogP contribution in [0.3, 0.4) is 0 Å². The minimum atomic E-state index is 1.16. The molecule has 0 unspecified atom stereocenters. The van der Waals surface area contributed by atoms with Crippen molar-refractivity contribution in [3.05, 3.63) is 37.0 Å². The van der Waals surface area contributed by atoms with E-state index >= 15 is 0 Å². The Morgan fingerprint density at radius 2 is 1.58 bits per heavy atom. The fourth-order valence-corrected chi connectivity index (χ4v) is 0.372. The summed E-state index contributed by atoms with van der Waals surface area (Å²) >= 11 is 0. The second kappa shape index (κ2) is 31.9. The lowest BCUT2D eigenvalue weighted by Crippen LogP contribution is -1.43. The molecule has 12 heavy (non-hydrogen) atoms. The Bertz CT molecular complexity index is 96.6. The molecule has 0 N–H and O–H groups in total. The lowest BCUT2D eigenvalue weighted by molar-refractivity contribution is 1.22. The van der Waals surface area contributed by atoms with Gasteiger partial charge in [0.15, 0.2) is 0 Å². The van der Waals surface area contributed by atoms with Crippen molar-refractivity contribution in [3.8, 4) is 0 Å². The fourth-order valence-electron chi connectivity index (χ4n) is 0.372. The summed E-state index contributed by atoms with van der Waals surface area (Å²) in [6, 6.07) is 0. The molecule has 0 amide bonds. The van der Waals surface area contributed by atoms with Crippen LogP contribution in [0.25, 0.3) is 0 Å². The van der Waals surface area contributed by atoms with Gasteiger partial charge >= 0.3 is 0 Å². The van der Waals surface area contributed by atoms with Gasteiger partial charge in [-0.1, -0.05) is 57.7 Å². The molecule has 0 heterocycles. The Balaban J connectivity index is -0.000000112. The molecule has 0 aromatic carbocycles. The SMILES string of the molecule is C/C=C\CC.C=C/C=C\C.CC. The summed E-state index contributed by atoms with van der Waals surface area (Å²) in [6.07, 6.45) is 10.9. The highest BCUT2D eigenvalue weighted by atomic mass is 13.6. The first-order valence-corrected chi connectivity index (χ1v) is 4.68. The molecule has 0 bridgehead atoms. The highest BCUT2D eigenvalue weighted by Crippen LogP contribution is 1.73. The zero-order chi connectivity index (χ0) is 10.2. The molecule has 0 aliphatic carbocycles. The van der Waals surface area contributed by atoms with Gasteiger partial charge in [-0.15, -0.1) is 0 Å². The molecule has 0 radical (unpaired) electrons. The maximum atomic E-state index is 3.46. The van der Waals surface area contributed by atoms with Crippen LogP contribution in [0.1, 0.15) is 41.0 Å². The number of hydrogen-bond donors (Lipinski definition) is 0. The van der Waals surface area contributed by atoms with Crippen molar-refractivity contribution in [2.45, 2.75) is 41.0 Å². The third-order valence-corrected chi connectivity index (χ3v) is 0.800. The minimum absolute atomic E-state index is 1.16. The van der Waals surface area contributed by atoms with Crippen LogP contribution < -0.4 is 0 Å². The fraction of sp³-hybridized carbons (Fsp3) is 0.500. The topological polar surface area (TPSA) is 0 Å². The van der Waals surface area contributed by atoms with Crippen molar-refractivity contribution in [1.29, 1.82) is 0 Å². The van der Waals surface area contributed by atoms with Crippen LogP contribution in [-0.2, 0) is 0 Å². The summed E-state index contributed by atoms with van der Waals surface area (Å²) in [5.41, 5.74) is 0. The zero-order valence-corrected chi connectivity index (χ0v) is 9.30. The van der Waals surface area contributed by atoms with E-state index < -0.39 is 0 Å². The standard InChI is InChI=1S/C5H10.C5H8.C2H6/c2*1-3-5-4-2;1-2/h3,5H,4H2,1-2H3;3-5H,1H2,2H3;1-2H3/b5-3-;5-4-;. The molecular weight excluding hydrogens is 144 g/mol. The van der Waals surface area contributed by atoms with Crippen molar-refractivity contribution >= 4 is 0 Å². The predicted octanol–water partition coefficient (Wildman–Crippen LogP) is 4.75. The van der Waals surface area contributed by atoms with Gasteiger partial charge in [-0.25, -0.2) is 0 Å². The molecular formula is C12H24. The van der Waals surface area contributed by atoms with E-state index in [9.17, 15) is 0 Å². The molecule has 0 heteroatoms. The third kappa shape index (κ3) is 60.1. The van der Waals surface area contributed by atoms with E-state index in [1.165, 1.54) is 0 Å². The molecule has 0 rings (SSSR count). The van der Waals surface area contributed by atoms with Gasteiger partial charge in [-0.3, -0.25) is 0 Å². The van der Waals surface area contributed by atoms with Crippen LogP contribution in [0.4, 0.5) is 0 Å². The van der Waals surface area contributed by atoms with E-state index in [4.69, 9.17) is 0 Å². The molecule has 0 fully saturated rings. The van der Waals surface area contributed by atoms with Crippen LogP contribution in [0.2, 0.25) is 0 Å². The molecule has 0 atom stereocenters. The van der Waals surface area contributed by atoms with Crippen LogP contribution in [0, 0.1) is 0 Å². The summed E-state index contributed by atoms with van der Waals surface area (Å²) in [6.45, 7) is 13.6. The van der Waals surface area contributed by atoms with E-state index in [0.29, 0.717) is 0 Å². The number of allylic oxidation sites excluding steroid dienone is 5. The maximum Gasteiger partial charge on any atom is -0.0379 e. The highest BCUT2D eigenvalue weighted by Gasteiger charge is 1.52. The van der Waals surface area contributed by atoms with E-state index in [2.05, 4.69) is 25.7 Å². The van der Waals surface area contributed by atoms with Gasteiger partial charge in [0.2, 0.25) is 0 Å². The van der Waals surface area contributed by atoms with Crippen LogP contribution in [0.5, 0.6) is 0 Å². The zero-order valence-electron chi connectivity index (χ0n) is 9.30. The van der Waals surface area contributed by atoms with Crippen molar-refractivity contribution < 1.29 is 0 Å². The molecule has 0 aliphatic heterocycles. The molecule has 0 spiro atoms. The summed E-state index contributed by atoms with van der Waals surface area (Å²) < 4.78 is 0. The van der Waals surface area contributed by atoms with Crippen LogP contribution >= 0.6 is 0 Å². The van der Waals surface area contributed by atoms with Gasteiger partial charge in [-0.2, -0.15) is 0 Å². The molecule has 0 saturated carbocycles. The van der Waals surface area contributed by atoms with Gasteiger partial charge in [0.1, 0.15) is 0 Å². The Kier molecular flexibility index (Phi) is 46.1. The predicted molar refractivity (Wildman–Crippen MR) is 61.5 cm³/mol. The van der Waals surface area contributed by atoms with Gasteiger partial charge < -0.3 is 0 Å². The lowest BCUT2D eigenvalue weighted by Gasteiger charge is -1.65. The Morgan fingerprint density at radius 1 is 1.08 bits per heavy atom. The van der Waals surface area contributed by atoms with Gasteiger partial charge in [-0.05, 0) is 20.3 Å². The van der Waals surface area contributed by atoms with Crippen molar-refractivity contribution in [3.63, 3.8) is 0 Å². The summed E-state index contributed by atoms with van der Waals surface area (Å²) in [5.74, 6) is 0. The summed E-state index contributed by atoms with van der Waals surface area (Å²) in [7, 11) is 0. The van der Waals surface area contributed by atoms with Gasteiger partial charge in [0.25, 0.3) is 0 Å². The lowest BCUT2D eigenvalue weighted by atomic mass is 10.4. The Hall–Kier alpha value is -0.780. The largest absolute Gasteiger partial charge is 0.0991 e. The minimum Gasteiger partial charge on any atom is -0.0991 e. The van der Waals surface area contributed by atoms with E-state index in [0.717, 1.165) is 6.42 Å². The normalized spacial score (nSPS) is 8.42. The number of hydrogen-bond acceptors (Lipinski definition) is 0. The Morgan fingerprint density at radius 3 is 1.58 bits per heavy atom. The molecule has 0 saturated heterocycles. The number of rotatable bonds is 2. The van der Waals surface area contributed by atoms with E-state index in [1.807, 2.05) is 39.8 Å². The van der Waals surface area contributed by atoms with Crippen LogP contribution in [0.15, 0.2) is 37.0 Å². The van der Waals surface area contributed by atoms with Crippen molar-refractivity contribution in [1.82, 2.24) is 0 Å². The van der Waals surface area contributed by atoms with E-state index in [1.54, 1.807) is 6.08 Å². The first-order valence-electron chi connectivity index (χ1n) is 4.68. The molecule has 0 nitrogen and oxygen atoms in total. The average molecular weight is 168 g/mol. The first-order chi connectivity index (χ1) is 5.83. The highest BCUT2D eigenvalue weighted by molar-refractivity contribution is 4.94. The quantitative estimate of drug-likeness (QED) is 0.412. The van der Waals surface area contributed by atoms with Gasteiger partial charge in [0, 0.05) is 0 Å². The molecule has 0 aromatic heterocycles. The van der Waals surface area contributed by atoms with Crippen LogP contribution in [-0.4, -0.2) is 0 Å². The first kappa shape index (κ1) is 17.3. The van der Waals surface area contributed by atoms with Gasteiger partial charge in [0.05, 0.1) is 0 Å². The third-order valence-electron chi connectivity index (χ3n) is 0.800. The second-order valence-corrected chi connectivity index (χ2v) is 1.74. The monoisotopic (exact) mass is 168 g/mol. The smallest absolute Gasteiger partial charge is 0.0379 e. The molecule has 0 aliphatic rings. The second-order valence-electron chi connectivity index (χ2n) is 1.74. The average Bonchev–Trinajstić information content (AvgIpc) is 2.12.